The lowest BCUT2D eigenvalue weighted by Crippen LogP contribution is -2.29. The summed E-state index contributed by atoms with van der Waals surface area (Å²) in [5.74, 6) is 0.117. The molecule has 0 bridgehead atoms. The second-order valence-corrected chi connectivity index (χ2v) is 7.77. The van der Waals surface area contributed by atoms with Gasteiger partial charge in [-0.2, -0.15) is 0 Å². The number of methoxy groups -OCH3 is 1. The van der Waals surface area contributed by atoms with Crippen LogP contribution in [0.1, 0.15) is 71.2 Å². The molecule has 0 radical (unpaired) electrons. The first kappa shape index (κ1) is 33.9. The van der Waals surface area contributed by atoms with Crippen molar-refractivity contribution < 1.29 is 14.3 Å². The van der Waals surface area contributed by atoms with Crippen LogP contribution in [0.4, 0.5) is 5.00 Å². The van der Waals surface area contributed by atoms with Crippen LogP contribution in [0, 0.1) is 6.92 Å². The number of amides is 1. The third-order valence-corrected chi connectivity index (χ3v) is 5.30. The molecular weight excluding hydrogens is 408 g/mol. The highest BCUT2D eigenvalue weighted by molar-refractivity contribution is 7.17. The molecule has 0 fully saturated rings. The van der Waals surface area contributed by atoms with Crippen LogP contribution < -0.4 is 5.32 Å². The monoisotopic (exact) mass is 454 g/mol. The van der Waals surface area contributed by atoms with E-state index in [0.717, 1.165) is 49.6 Å². The molecule has 1 rings (SSSR count). The van der Waals surface area contributed by atoms with E-state index >= 15 is 0 Å². The Bertz CT molecular complexity index is 590. The number of nitrogens with one attached hydrogen (secondary N) is 1. The first-order valence-electron chi connectivity index (χ1n) is 11.0. The van der Waals surface area contributed by atoms with Crippen molar-refractivity contribution in [3.63, 3.8) is 0 Å². The van der Waals surface area contributed by atoms with Crippen LogP contribution in [0.2, 0.25) is 0 Å². The smallest absolute Gasteiger partial charge is 0.226 e. The average molecular weight is 455 g/mol. The predicted molar refractivity (Wildman–Crippen MR) is 139 cm³/mol. The quantitative estimate of drug-likeness (QED) is 0.405. The number of aryl methyl sites for hydroxylation is 1. The molecule has 1 amide bonds. The Kier molecular flexibility index (Phi) is 26.8. The number of anilines is 1. The van der Waals surface area contributed by atoms with E-state index in [4.69, 9.17) is 4.79 Å². The minimum Gasteiger partial charge on any atom is -0.385 e. The molecule has 1 aromatic rings. The van der Waals surface area contributed by atoms with Gasteiger partial charge in [0.2, 0.25) is 5.91 Å². The molecule has 180 valence electrons. The van der Waals surface area contributed by atoms with Crippen LogP contribution >= 0.6 is 11.3 Å². The largest absolute Gasteiger partial charge is 0.385 e. The van der Waals surface area contributed by atoms with Gasteiger partial charge in [-0.25, -0.2) is 0 Å². The highest BCUT2D eigenvalue weighted by Gasteiger charge is 2.11. The molecular formula is C25H46N2O3S. The van der Waals surface area contributed by atoms with E-state index in [-0.39, 0.29) is 5.91 Å². The van der Waals surface area contributed by atoms with Crippen LogP contribution in [0.5, 0.6) is 0 Å². The topological polar surface area (TPSA) is 58.6 Å². The maximum absolute atomic E-state index is 12.2. The molecule has 0 aliphatic rings. The summed E-state index contributed by atoms with van der Waals surface area (Å²) in [5, 5.41) is 4.06. The lowest BCUT2D eigenvalue weighted by molar-refractivity contribution is -0.116. The SMILES string of the molecule is C/C=C(\C)c1cc(C)c(NC(=O)CCN(CCC)CCC)s1.C=CC.C=O.CCOC. The van der Waals surface area contributed by atoms with Crippen LogP contribution in [-0.4, -0.2) is 50.9 Å². The van der Waals surface area contributed by atoms with E-state index in [9.17, 15) is 4.79 Å². The van der Waals surface area contributed by atoms with Gasteiger partial charge in [0.15, 0.2) is 0 Å². The van der Waals surface area contributed by atoms with Crippen LogP contribution in [0.15, 0.2) is 24.8 Å². The van der Waals surface area contributed by atoms with E-state index in [2.05, 4.69) is 61.4 Å². The first-order chi connectivity index (χ1) is 14.8. The normalized spacial score (nSPS) is 10.0. The van der Waals surface area contributed by atoms with Gasteiger partial charge in [-0.3, -0.25) is 4.79 Å². The van der Waals surface area contributed by atoms with Gasteiger partial charge in [0.25, 0.3) is 0 Å². The van der Waals surface area contributed by atoms with Crippen molar-refractivity contribution in [2.24, 2.45) is 0 Å². The number of carbonyl (C=O) groups is 2. The van der Waals surface area contributed by atoms with Gasteiger partial charge < -0.3 is 19.7 Å². The second kappa shape index (κ2) is 24.5. The number of ether oxygens (including phenoxy) is 1. The zero-order chi connectivity index (χ0) is 24.7. The molecule has 0 spiro atoms. The molecule has 1 aromatic heterocycles. The fourth-order valence-corrected chi connectivity index (χ4v) is 3.48. The highest BCUT2D eigenvalue weighted by Crippen LogP contribution is 2.32. The Balaban J connectivity index is -0.000000745. The number of hydrogen-bond acceptors (Lipinski definition) is 5. The van der Waals surface area contributed by atoms with Crippen LogP contribution in [0.25, 0.3) is 5.57 Å². The van der Waals surface area contributed by atoms with Gasteiger partial charge in [0.1, 0.15) is 6.79 Å². The van der Waals surface area contributed by atoms with Gasteiger partial charge in [-0.1, -0.05) is 26.0 Å². The van der Waals surface area contributed by atoms with Crippen molar-refractivity contribution in [1.29, 1.82) is 0 Å². The molecule has 0 aromatic carbocycles. The van der Waals surface area contributed by atoms with Gasteiger partial charge in [-0.05, 0) is 77.8 Å². The molecule has 6 heteroatoms. The Labute approximate surface area is 195 Å². The predicted octanol–water partition coefficient (Wildman–Crippen LogP) is 6.59. The van der Waals surface area contributed by atoms with E-state index in [1.165, 1.54) is 10.5 Å². The van der Waals surface area contributed by atoms with Crippen molar-refractivity contribution in [3.8, 4) is 0 Å². The third kappa shape index (κ3) is 18.7. The summed E-state index contributed by atoms with van der Waals surface area (Å²) in [4.78, 5) is 23.8. The van der Waals surface area contributed by atoms with Crippen LogP contribution in [0.3, 0.4) is 0 Å². The Hall–Kier alpha value is -1.76. The highest BCUT2D eigenvalue weighted by atomic mass is 32.1. The zero-order valence-corrected chi connectivity index (χ0v) is 22.0. The summed E-state index contributed by atoms with van der Waals surface area (Å²) < 4.78 is 4.54. The number of carbonyl (C=O) groups excluding carboxylic acids is 2. The molecule has 0 aliphatic heterocycles. The molecule has 0 unspecified atom stereocenters. The molecule has 0 saturated heterocycles. The standard InChI is InChI=1S/C18H30N2OS.C3H8O.C3H6.CH2O/c1-6-10-20(11-7-2)12-9-17(21)19-18-15(5)13-16(22-18)14(4)8-3;1-3-4-2;1-3-2;1-2/h8,13H,6-7,9-12H2,1-5H3,(H,19,21);3H2,1-2H3;3H,1H2,2H3;1H2/b14-8+;;;. The van der Waals surface area contributed by atoms with E-state index in [1.54, 1.807) is 24.5 Å². The van der Waals surface area contributed by atoms with Crippen molar-refractivity contribution in [1.82, 2.24) is 4.90 Å². The maximum atomic E-state index is 12.2. The summed E-state index contributed by atoms with van der Waals surface area (Å²) in [6, 6.07) is 2.15. The van der Waals surface area contributed by atoms with Crippen LogP contribution in [-0.2, 0) is 14.3 Å². The molecule has 0 saturated carbocycles. The fourth-order valence-electron chi connectivity index (χ4n) is 2.36. The van der Waals surface area contributed by atoms with E-state index in [1.807, 2.05) is 27.6 Å². The minimum absolute atomic E-state index is 0.117. The Morgan fingerprint density at radius 1 is 1.16 bits per heavy atom. The molecule has 31 heavy (non-hydrogen) atoms. The number of allylic oxidation sites excluding steroid dienone is 3. The fraction of sp³-hybridized carbons (Fsp3) is 0.600. The maximum Gasteiger partial charge on any atom is 0.226 e. The summed E-state index contributed by atoms with van der Waals surface area (Å²) in [5.41, 5.74) is 2.40. The first-order valence-corrected chi connectivity index (χ1v) is 11.8. The Morgan fingerprint density at radius 2 is 1.65 bits per heavy atom. The van der Waals surface area contributed by atoms with Gasteiger partial charge >= 0.3 is 0 Å². The third-order valence-electron chi connectivity index (χ3n) is 4.02. The molecule has 5 nitrogen and oxygen atoms in total. The van der Waals surface area contributed by atoms with Crippen molar-refractivity contribution in [2.75, 3.05) is 38.7 Å². The summed E-state index contributed by atoms with van der Waals surface area (Å²) >= 11 is 1.66. The van der Waals surface area contributed by atoms with Gasteiger partial charge in [0, 0.05) is 31.6 Å². The van der Waals surface area contributed by atoms with Crippen molar-refractivity contribution in [2.45, 2.75) is 67.7 Å². The lowest BCUT2D eigenvalue weighted by Gasteiger charge is -2.20. The molecule has 0 aliphatic carbocycles. The second-order valence-electron chi connectivity index (χ2n) is 6.72. The zero-order valence-electron chi connectivity index (χ0n) is 21.2. The molecule has 0 atom stereocenters. The van der Waals surface area contributed by atoms with Gasteiger partial charge in [0.05, 0.1) is 5.00 Å². The number of thiophene rings is 1. The number of nitrogens with zero attached hydrogens (tertiary/aromatic N) is 1. The number of hydrogen-bond donors (Lipinski definition) is 1. The minimum atomic E-state index is 0.117. The molecule has 1 heterocycles. The molecule has 1 N–H and O–H groups in total. The van der Waals surface area contributed by atoms with Crippen molar-refractivity contribution in [3.05, 3.63) is 35.2 Å². The lowest BCUT2D eigenvalue weighted by atomic mass is 10.2. The summed E-state index contributed by atoms with van der Waals surface area (Å²) in [6.45, 7) is 23.6. The van der Waals surface area contributed by atoms with E-state index < -0.39 is 0 Å². The van der Waals surface area contributed by atoms with Crippen molar-refractivity contribution >= 4 is 34.6 Å². The average Bonchev–Trinajstić information content (AvgIpc) is 3.14. The summed E-state index contributed by atoms with van der Waals surface area (Å²) in [7, 11) is 1.68. The van der Waals surface area contributed by atoms with Gasteiger partial charge in [-0.15, -0.1) is 17.9 Å². The Morgan fingerprint density at radius 3 is 2.03 bits per heavy atom. The van der Waals surface area contributed by atoms with E-state index in [0.29, 0.717) is 6.42 Å². The number of rotatable bonds is 10. The summed E-state index contributed by atoms with van der Waals surface area (Å²) in [6.07, 6.45) is 6.69.